The lowest BCUT2D eigenvalue weighted by atomic mass is 10.1. The molecular weight excluding hydrogens is 214 g/mol. The van der Waals surface area contributed by atoms with Crippen molar-refractivity contribution in [1.29, 1.82) is 0 Å². The molecule has 0 saturated carbocycles. The Hall–Kier alpha value is -1.82. The smallest absolute Gasteiger partial charge is 0.184 e. The predicted molar refractivity (Wildman–Crippen MR) is 61.9 cm³/mol. The first-order valence-corrected chi connectivity index (χ1v) is 4.53. The molecule has 0 bridgehead atoms. The Morgan fingerprint density at radius 1 is 1.47 bits per heavy atom. The first-order valence-electron chi connectivity index (χ1n) is 4.13. The van der Waals surface area contributed by atoms with E-state index in [0.717, 1.165) is 0 Å². The zero-order chi connectivity index (χ0) is 11.4. The van der Waals surface area contributed by atoms with Gasteiger partial charge in [0.15, 0.2) is 5.11 Å². The summed E-state index contributed by atoms with van der Waals surface area (Å²) in [4.78, 5) is 0. The maximum Gasteiger partial charge on any atom is 0.184 e. The number of nitrogens with one attached hydrogen (secondary N) is 1. The Balaban J connectivity index is 2.99. The molecule has 0 aliphatic heterocycles. The van der Waals surface area contributed by atoms with Gasteiger partial charge in [-0.25, -0.2) is 0 Å². The van der Waals surface area contributed by atoms with Crippen LogP contribution in [0.1, 0.15) is 12.5 Å². The number of aromatic hydroxyl groups is 2. The normalized spacial score (nSPS) is 11.1. The summed E-state index contributed by atoms with van der Waals surface area (Å²) in [6.45, 7) is 1.65. The fraction of sp³-hybridized carbons (Fsp3) is 0.111. The van der Waals surface area contributed by atoms with Crippen LogP contribution in [-0.2, 0) is 0 Å². The van der Waals surface area contributed by atoms with Gasteiger partial charge in [-0.15, -0.1) is 0 Å². The Kier molecular flexibility index (Phi) is 3.46. The minimum Gasteiger partial charge on any atom is -0.508 e. The highest BCUT2D eigenvalue weighted by atomic mass is 32.1. The Labute approximate surface area is 92.2 Å². The fourth-order valence-corrected chi connectivity index (χ4v) is 1.06. The summed E-state index contributed by atoms with van der Waals surface area (Å²) < 4.78 is 0. The second kappa shape index (κ2) is 4.61. The molecule has 0 atom stereocenters. The molecule has 0 amide bonds. The molecule has 0 saturated heterocycles. The van der Waals surface area contributed by atoms with Crippen LogP contribution in [-0.4, -0.2) is 21.0 Å². The van der Waals surface area contributed by atoms with Crippen molar-refractivity contribution in [3.63, 3.8) is 0 Å². The minimum atomic E-state index is 0.0267. The first kappa shape index (κ1) is 11.3. The van der Waals surface area contributed by atoms with Gasteiger partial charge >= 0.3 is 0 Å². The number of nitrogens with zero attached hydrogens (tertiary/aromatic N) is 1. The zero-order valence-corrected chi connectivity index (χ0v) is 8.88. The van der Waals surface area contributed by atoms with Crippen molar-refractivity contribution in [1.82, 2.24) is 5.43 Å². The number of hydrogen-bond donors (Lipinski definition) is 4. The molecule has 15 heavy (non-hydrogen) atoms. The molecule has 0 unspecified atom stereocenters. The number of thiocarbonyl (C=S) groups is 1. The molecule has 0 spiro atoms. The molecule has 0 aliphatic rings. The average Bonchev–Trinajstić information content (AvgIpc) is 2.18. The van der Waals surface area contributed by atoms with E-state index in [1.807, 2.05) is 0 Å². The van der Waals surface area contributed by atoms with Crippen molar-refractivity contribution in [2.75, 3.05) is 0 Å². The fourth-order valence-electron chi connectivity index (χ4n) is 1.01. The standard InChI is InChI=1S/C9H11N3O2S/c1-5(11-12-9(10)15)7-4-6(13)2-3-8(7)14/h2-4,13-14H,1H3,(H3,10,12,15)/b11-5-. The molecule has 1 aromatic rings. The maximum atomic E-state index is 9.49. The summed E-state index contributed by atoms with van der Waals surface area (Å²) in [5, 5.41) is 22.6. The molecule has 1 rings (SSSR count). The number of hydrazone groups is 1. The Bertz CT molecular complexity index is 418. The molecule has 5 N–H and O–H groups in total. The summed E-state index contributed by atoms with van der Waals surface area (Å²) >= 11 is 4.57. The van der Waals surface area contributed by atoms with Crippen molar-refractivity contribution in [3.8, 4) is 11.5 Å². The molecule has 0 aromatic heterocycles. The molecule has 1 aromatic carbocycles. The van der Waals surface area contributed by atoms with Crippen LogP contribution in [0.3, 0.4) is 0 Å². The third-order valence-corrected chi connectivity index (χ3v) is 1.80. The number of phenolic OH excluding ortho intramolecular Hbond substituents is 2. The second-order valence-electron chi connectivity index (χ2n) is 2.87. The lowest BCUT2D eigenvalue weighted by Gasteiger charge is -2.05. The molecule has 0 radical (unpaired) electrons. The van der Waals surface area contributed by atoms with Crippen molar-refractivity contribution in [2.45, 2.75) is 6.92 Å². The largest absolute Gasteiger partial charge is 0.508 e. The van der Waals surface area contributed by atoms with E-state index in [-0.39, 0.29) is 16.6 Å². The highest BCUT2D eigenvalue weighted by Gasteiger charge is 2.05. The first-order chi connectivity index (χ1) is 7.00. The van der Waals surface area contributed by atoms with Gasteiger partial charge in [-0.05, 0) is 37.3 Å². The van der Waals surface area contributed by atoms with Crippen LogP contribution in [0.5, 0.6) is 11.5 Å². The van der Waals surface area contributed by atoms with Crippen LogP contribution in [0.4, 0.5) is 0 Å². The quantitative estimate of drug-likeness (QED) is 0.257. The van der Waals surface area contributed by atoms with Crippen LogP contribution in [0.2, 0.25) is 0 Å². The van der Waals surface area contributed by atoms with E-state index >= 15 is 0 Å². The van der Waals surface area contributed by atoms with E-state index in [1.54, 1.807) is 6.92 Å². The highest BCUT2D eigenvalue weighted by Crippen LogP contribution is 2.22. The highest BCUT2D eigenvalue weighted by molar-refractivity contribution is 7.80. The number of phenols is 2. The van der Waals surface area contributed by atoms with Gasteiger partial charge in [0.25, 0.3) is 0 Å². The van der Waals surface area contributed by atoms with Gasteiger partial charge < -0.3 is 15.9 Å². The topological polar surface area (TPSA) is 90.9 Å². The summed E-state index contributed by atoms with van der Waals surface area (Å²) in [6.07, 6.45) is 0. The summed E-state index contributed by atoms with van der Waals surface area (Å²) in [5.41, 5.74) is 8.47. The summed E-state index contributed by atoms with van der Waals surface area (Å²) in [5.74, 6) is 0.0754. The molecule has 80 valence electrons. The maximum absolute atomic E-state index is 9.49. The lowest BCUT2D eigenvalue weighted by molar-refractivity contribution is 0.459. The number of nitrogens with two attached hydrogens (primary N) is 1. The SMILES string of the molecule is C/C(=N/NC(N)=S)c1cc(O)ccc1O. The van der Waals surface area contributed by atoms with Gasteiger partial charge in [-0.1, -0.05) is 0 Å². The number of rotatable bonds is 2. The van der Waals surface area contributed by atoms with Gasteiger partial charge in [-0.3, -0.25) is 5.43 Å². The van der Waals surface area contributed by atoms with Gasteiger partial charge in [0.2, 0.25) is 0 Å². The van der Waals surface area contributed by atoms with Crippen LogP contribution < -0.4 is 11.2 Å². The molecule has 0 aliphatic carbocycles. The molecular formula is C9H11N3O2S. The third kappa shape index (κ3) is 3.10. The lowest BCUT2D eigenvalue weighted by Crippen LogP contribution is -2.25. The molecule has 6 heteroatoms. The minimum absolute atomic E-state index is 0.0267. The van der Waals surface area contributed by atoms with Crippen LogP contribution >= 0.6 is 12.2 Å². The average molecular weight is 225 g/mol. The number of hydrogen-bond acceptors (Lipinski definition) is 4. The van der Waals surface area contributed by atoms with Crippen molar-refractivity contribution in [3.05, 3.63) is 23.8 Å². The van der Waals surface area contributed by atoms with Gasteiger partial charge in [0.05, 0.1) is 5.71 Å². The van der Waals surface area contributed by atoms with Gasteiger partial charge in [0.1, 0.15) is 11.5 Å². The Morgan fingerprint density at radius 2 is 2.13 bits per heavy atom. The van der Waals surface area contributed by atoms with E-state index in [0.29, 0.717) is 11.3 Å². The van der Waals surface area contributed by atoms with Gasteiger partial charge in [-0.2, -0.15) is 5.10 Å². The zero-order valence-electron chi connectivity index (χ0n) is 8.06. The van der Waals surface area contributed by atoms with Gasteiger partial charge in [0, 0.05) is 5.56 Å². The van der Waals surface area contributed by atoms with Crippen molar-refractivity contribution in [2.24, 2.45) is 10.8 Å². The Morgan fingerprint density at radius 3 is 2.73 bits per heavy atom. The van der Waals surface area contributed by atoms with Crippen molar-refractivity contribution >= 4 is 23.0 Å². The third-order valence-electron chi connectivity index (χ3n) is 1.70. The van der Waals surface area contributed by atoms with E-state index < -0.39 is 0 Å². The molecule has 5 nitrogen and oxygen atoms in total. The summed E-state index contributed by atoms with van der Waals surface area (Å²) in [7, 11) is 0. The molecule has 0 heterocycles. The van der Waals surface area contributed by atoms with E-state index in [2.05, 4.69) is 22.7 Å². The van der Waals surface area contributed by atoms with Crippen LogP contribution in [0.25, 0.3) is 0 Å². The van der Waals surface area contributed by atoms with Crippen LogP contribution in [0, 0.1) is 0 Å². The second-order valence-corrected chi connectivity index (χ2v) is 3.31. The number of benzene rings is 1. The molecule has 0 fully saturated rings. The van der Waals surface area contributed by atoms with E-state index in [9.17, 15) is 10.2 Å². The summed E-state index contributed by atoms with van der Waals surface area (Å²) in [6, 6.07) is 4.16. The van der Waals surface area contributed by atoms with Crippen LogP contribution in [0.15, 0.2) is 23.3 Å². The van der Waals surface area contributed by atoms with E-state index in [4.69, 9.17) is 5.73 Å². The van der Waals surface area contributed by atoms with Crippen molar-refractivity contribution < 1.29 is 10.2 Å². The predicted octanol–water partition coefficient (Wildman–Crippen LogP) is 0.655. The monoisotopic (exact) mass is 225 g/mol. The van der Waals surface area contributed by atoms with E-state index in [1.165, 1.54) is 18.2 Å².